The van der Waals surface area contributed by atoms with E-state index in [4.69, 9.17) is 9.84 Å². The fraction of sp³-hybridized carbons (Fsp3) is 0.286. The van der Waals surface area contributed by atoms with Crippen LogP contribution >= 0.6 is 39.5 Å². The van der Waals surface area contributed by atoms with E-state index < -0.39 is 0 Å². The van der Waals surface area contributed by atoms with Gasteiger partial charge in [-0.1, -0.05) is 63.7 Å². The number of halogens is 1. The number of methoxy groups -OCH3 is 1. The number of hydrogen-bond acceptors (Lipinski definition) is 6. The second kappa shape index (κ2) is 9.36. The summed E-state index contributed by atoms with van der Waals surface area (Å²) in [5.41, 5.74) is 3.00. The Morgan fingerprint density at radius 1 is 1.24 bits per heavy atom. The largest absolute Gasteiger partial charge is 0.497 e. The Hall–Kier alpha value is -1.77. The van der Waals surface area contributed by atoms with Crippen LogP contribution in [-0.4, -0.2) is 46.2 Å². The third kappa shape index (κ3) is 4.87. The molecular formula is C21H20BrN3O2S2. The van der Waals surface area contributed by atoms with E-state index >= 15 is 0 Å². The number of benzene rings is 2. The summed E-state index contributed by atoms with van der Waals surface area (Å²) in [7, 11) is 1.65. The van der Waals surface area contributed by atoms with Crippen molar-refractivity contribution in [2.45, 2.75) is 12.5 Å². The number of aliphatic imine (C=N–C) groups is 1. The molecule has 0 saturated heterocycles. The van der Waals surface area contributed by atoms with Gasteiger partial charge in [0.15, 0.2) is 0 Å². The summed E-state index contributed by atoms with van der Waals surface area (Å²) < 4.78 is 7.29. The van der Waals surface area contributed by atoms with Crippen LogP contribution in [0.15, 0.2) is 63.1 Å². The molecule has 0 fully saturated rings. The minimum atomic E-state index is -0.120. The zero-order valence-electron chi connectivity index (χ0n) is 15.9. The lowest BCUT2D eigenvalue weighted by Crippen LogP contribution is -2.28. The van der Waals surface area contributed by atoms with Crippen LogP contribution in [0.25, 0.3) is 0 Å². The first-order chi connectivity index (χ1) is 14.1. The number of hydrazone groups is 1. The van der Waals surface area contributed by atoms with Crippen molar-refractivity contribution in [2.24, 2.45) is 10.1 Å². The Bertz CT molecular complexity index is 945. The Labute approximate surface area is 187 Å². The fourth-order valence-electron chi connectivity index (χ4n) is 3.24. The highest BCUT2D eigenvalue weighted by Gasteiger charge is 2.33. The van der Waals surface area contributed by atoms with E-state index in [9.17, 15) is 4.79 Å². The minimum absolute atomic E-state index is 0.00173. The first-order valence-corrected chi connectivity index (χ1v) is 12.0. The average Bonchev–Trinajstić information content (AvgIpc) is 3.43. The molecule has 0 saturated carbocycles. The van der Waals surface area contributed by atoms with Crippen LogP contribution in [-0.2, 0) is 4.79 Å². The van der Waals surface area contributed by atoms with Crippen molar-refractivity contribution >= 4 is 55.4 Å². The molecule has 2 heterocycles. The van der Waals surface area contributed by atoms with Crippen LogP contribution in [0, 0.1) is 0 Å². The predicted molar refractivity (Wildman–Crippen MR) is 125 cm³/mol. The van der Waals surface area contributed by atoms with Crippen molar-refractivity contribution in [1.82, 2.24) is 5.01 Å². The van der Waals surface area contributed by atoms with Gasteiger partial charge in [0, 0.05) is 16.6 Å². The molecule has 1 atom stereocenters. The summed E-state index contributed by atoms with van der Waals surface area (Å²) in [4.78, 5) is 17.5. The van der Waals surface area contributed by atoms with Gasteiger partial charge in [-0.2, -0.15) is 5.10 Å². The summed E-state index contributed by atoms with van der Waals surface area (Å²) in [6, 6.07) is 15.8. The zero-order valence-corrected chi connectivity index (χ0v) is 19.1. The standard InChI is InChI=1S/C21H20BrN3O2S2/c1-27-17-8-4-15(5-9-17)19-12-18(14-2-6-16(22)7-3-14)24-25(19)20(26)13-29-21-23-10-11-28-21/h2-9,19H,10-13H2,1H3/t19-/m0/s1. The first kappa shape index (κ1) is 20.5. The summed E-state index contributed by atoms with van der Waals surface area (Å²) >= 11 is 6.69. The topological polar surface area (TPSA) is 54.3 Å². The molecule has 0 aliphatic carbocycles. The van der Waals surface area contributed by atoms with Gasteiger partial charge in [0.25, 0.3) is 5.91 Å². The number of thioether (sulfide) groups is 2. The second-order valence-corrected chi connectivity index (χ2v) is 9.79. The molecule has 0 unspecified atom stereocenters. The first-order valence-electron chi connectivity index (χ1n) is 9.23. The Morgan fingerprint density at radius 2 is 2.00 bits per heavy atom. The molecule has 0 spiro atoms. The summed E-state index contributed by atoms with van der Waals surface area (Å²) in [6.07, 6.45) is 0.681. The van der Waals surface area contributed by atoms with Gasteiger partial charge >= 0.3 is 0 Å². The van der Waals surface area contributed by atoms with Crippen molar-refractivity contribution in [1.29, 1.82) is 0 Å². The van der Waals surface area contributed by atoms with E-state index in [-0.39, 0.29) is 11.9 Å². The lowest BCUT2D eigenvalue weighted by atomic mass is 9.98. The normalized spacial score (nSPS) is 18.6. The number of hydrogen-bond donors (Lipinski definition) is 0. The van der Waals surface area contributed by atoms with Gasteiger partial charge < -0.3 is 4.74 Å². The molecular weight excluding hydrogens is 470 g/mol. The minimum Gasteiger partial charge on any atom is -0.497 e. The Kier molecular flexibility index (Phi) is 6.62. The highest BCUT2D eigenvalue weighted by Crippen LogP contribution is 2.34. The molecule has 0 radical (unpaired) electrons. The maximum atomic E-state index is 13.0. The Morgan fingerprint density at radius 3 is 2.66 bits per heavy atom. The van der Waals surface area contributed by atoms with Gasteiger partial charge in [0.05, 0.1) is 31.2 Å². The highest BCUT2D eigenvalue weighted by atomic mass is 79.9. The third-order valence-electron chi connectivity index (χ3n) is 4.72. The van der Waals surface area contributed by atoms with Gasteiger partial charge in [-0.05, 0) is 35.4 Å². The third-order valence-corrected chi connectivity index (χ3v) is 7.49. The summed E-state index contributed by atoms with van der Waals surface area (Å²) in [6.45, 7) is 0.839. The van der Waals surface area contributed by atoms with E-state index in [1.54, 1.807) is 23.9 Å². The van der Waals surface area contributed by atoms with Crippen molar-refractivity contribution in [3.05, 3.63) is 64.1 Å². The van der Waals surface area contributed by atoms with Crippen LogP contribution in [0.3, 0.4) is 0 Å². The summed E-state index contributed by atoms with van der Waals surface area (Å²) in [5.74, 6) is 2.14. The van der Waals surface area contributed by atoms with Crippen LogP contribution < -0.4 is 4.74 Å². The number of carbonyl (C=O) groups excluding carboxylic acids is 1. The molecule has 2 aliphatic heterocycles. The molecule has 150 valence electrons. The monoisotopic (exact) mass is 489 g/mol. The maximum absolute atomic E-state index is 13.0. The average molecular weight is 490 g/mol. The predicted octanol–water partition coefficient (Wildman–Crippen LogP) is 4.97. The lowest BCUT2D eigenvalue weighted by molar-refractivity contribution is -0.130. The van der Waals surface area contributed by atoms with Gasteiger partial charge in [-0.15, -0.1) is 0 Å². The van der Waals surface area contributed by atoms with E-state index in [0.717, 1.165) is 43.7 Å². The smallest absolute Gasteiger partial charge is 0.253 e. The molecule has 29 heavy (non-hydrogen) atoms. The van der Waals surface area contributed by atoms with Gasteiger partial charge in [0.1, 0.15) is 10.1 Å². The van der Waals surface area contributed by atoms with E-state index in [2.05, 4.69) is 20.9 Å². The van der Waals surface area contributed by atoms with Gasteiger partial charge in [-0.3, -0.25) is 9.79 Å². The van der Waals surface area contributed by atoms with Crippen molar-refractivity contribution in [2.75, 3.05) is 25.2 Å². The molecule has 5 nitrogen and oxygen atoms in total. The van der Waals surface area contributed by atoms with Crippen LogP contribution in [0.1, 0.15) is 23.6 Å². The number of rotatable bonds is 5. The molecule has 2 aliphatic rings. The quantitative estimate of drug-likeness (QED) is 0.594. The van der Waals surface area contributed by atoms with Crippen LogP contribution in [0.5, 0.6) is 5.75 Å². The Balaban J connectivity index is 1.57. The van der Waals surface area contributed by atoms with E-state index in [1.165, 1.54) is 11.8 Å². The molecule has 0 aromatic heterocycles. The molecule has 2 aromatic carbocycles. The number of nitrogens with zero attached hydrogens (tertiary/aromatic N) is 3. The zero-order chi connectivity index (χ0) is 20.2. The van der Waals surface area contributed by atoms with Crippen molar-refractivity contribution in [3.8, 4) is 5.75 Å². The molecule has 4 rings (SSSR count). The van der Waals surface area contributed by atoms with Crippen molar-refractivity contribution < 1.29 is 9.53 Å². The number of amides is 1. The van der Waals surface area contributed by atoms with Crippen LogP contribution in [0.2, 0.25) is 0 Å². The lowest BCUT2D eigenvalue weighted by Gasteiger charge is -2.22. The SMILES string of the molecule is COc1ccc([C@@H]2CC(c3ccc(Br)cc3)=NN2C(=O)CSC2=NCCS2)cc1. The molecule has 0 bridgehead atoms. The number of carbonyl (C=O) groups is 1. The maximum Gasteiger partial charge on any atom is 0.253 e. The van der Waals surface area contributed by atoms with Gasteiger partial charge in [0.2, 0.25) is 0 Å². The second-order valence-electron chi connectivity index (χ2n) is 6.57. The molecule has 8 heteroatoms. The van der Waals surface area contributed by atoms with Gasteiger partial charge in [-0.25, -0.2) is 5.01 Å². The molecule has 2 aromatic rings. The van der Waals surface area contributed by atoms with Crippen molar-refractivity contribution in [3.63, 3.8) is 0 Å². The number of ether oxygens (including phenoxy) is 1. The summed E-state index contributed by atoms with van der Waals surface area (Å²) in [5, 5.41) is 6.37. The van der Waals surface area contributed by atoms with E-state index in [1.807, 2.05) is 48.5 Å². The molecule has 0 N–H and O–H groups in total. The molecule has 1 amide bonds. The highest BCUT2D eigenvalue weighted by molar-refractivity contribution is 9.10. The van der Waals surface area contributed by atoms with Crippen LogP contribution in [0.4, 0.5) is 0 Å². The van der Waals surface area contributed by atoms with E-state index in [0.29, 0.717) is 12.2 Å². The fourth-order valence-corrected chi connectivity index (χ4v) is 5.36.